The van der Waals surface area contributed by atoms with E-state index in [0.717, 1.165) is 5.56 Å². The van der Waals surface area contributed by atoms with Gasteiger partial charge in [-0.1, -0.05) is 29.8 Å². The van der Waals surface area contributed by atoms with Gasteiger partial charge in [0.05, 0.1) is 10.9 Å². The highest BCUT2D eigenvalue weighted by Gasteiger charge is 2.21. The van der Waals surface area contributed by atoms with Crippen LogP contribution in [0, 0.1) is 0 Å². The Hall–Kier alpha value is -1.89. The fraction of sp³-hybridized carbons (Fsp3) is 0.235. The van der Waals surface area contributed by atoms with Crippen molar-refractivity contribution in [2.24, 2.45) is 0 Å². The lowest BCUT2D eigenvalue weighted by Gasteiger charge is -2.25. The summed E-state index contributed by atoms with van der Waals surface area (Å²) < 4.78 is 26.0. The van der Waals surface area contributed by atoms with Crippen LogP contribution < -0.4 is 4.72 Å². The Balaban J connectivity index is 2.28. The van der Waals surface area contributed by atoms with Crippen LogP contribution in [0.5, 0.6) is 0 Å². The predicted molar refractivity (Wildman–Crippen MR) is 94.6 cm³/mol. The highest BCUT2D eigenvalue weighted by atomic mass is 35.5. The minimum atomic E-state index is -3.59. The van der Waals surface area contributed by atoms with Crippen LogP contribution in [-0.4, -0.2) is 33.3 Å². The van der Waals surface area contributed by atoms with Gasteiger partial charge in [0.1, 0.15) is 0 Å². The van der Waals surface area contributed by atoms with E-state index in [4.69, 9.17) is 11.6 Å². The van der Waals surface area contributed by atoms with E-state index in [1.54, 1.807) is 36.2 Å². The number of hydrogen-bond donors (Lipinski definition) is 1. The molecule has 2 aromatic carbocycles. The SMILES string of the molecule is CNS(=O)(=O)c1cccc(C(=O)N(C)C(C)c2ccc(Cl)cc2)c1. The summed E-state index contributed by atoms with van der Waals surface area (Å²) >= 11 is 5.88. The fourth-order valence-electron chi connectivity index (χ4n) is 2.26. The van der Waals surface area contributed by atoms with E-state index in [9.17, 15) is 13.2 Å². The first-order chi connectivity index (χ1) is 11.3. The molecule has 1 atom stereocenters. The molecule has 24 heavy (non-hydrogen) atoms. The van der Waals surface area contributed by atoms with Crippen LogP contribution in [-0.2, 0) is 10.0 Å². The van der Waals surface area contributed by atoms with Crippen LogP contribution in [0.15, 0.2) is 53.4 Å². The standard InChI is InChI=1S/C17H19ClN2O3S/c1-12(13-7-9-15(18)10-8-13)20(3)17(21)14-5-4-6-16(11-14)24(22,23)19-2/h4-12,19H,1-3H3. The van der Waals surface area contributed by atoms with Crippen molar-refractivity contribution in [1.82, 2.24) is 9.62 Å². The van der Waals surface area contributed by atoms with Crippen LogP contribution in [0.4, 0.5) is 0 Å². The van der Waals surface area contributed by atoms with Crippen LogP contribution >= 0.6 is 11.6 Å². The average molecular weight is 367 g/mol. The molecule has 0 fully saturated rings. The third kappa shape index (κ3) is 3.95. The Labute approximate surface area is 147 Å². The van der Waals surface area contributed by atoms with E-state index < -0.39 is 10.0 Å². The largest absolute Gasteiger partial charge is 0.335 e. The first kappa shape index (κ1) is 18.4. The average Bonchev–Trinajstić information content (AvgIpc) is 2.60. The maximum atomic E-state index is 12.7. The van der Waals surface area contributed by atoms with Crippen molar-refractivity contribution < 1.29 is 13.2 Å². The number of carbonyl (C=O) groups is 1. The Bertz CT molecular complexity index is 835. The number of rotatable bonds is 5. The topological polar surface area (TPSA) is 66.5 Å². The highest BCUT2D eigenvalue weighted by molar-refractivity contribution is 7.89. The van der Waals surface area contributed by atoms with Crippen molar-refractivity contribution in [2.75, 3.05) is 14.1 Å². The lowest BCUT2D eigenvalue weighted by atomic mass is 10.1. The van der Waals surface area contributed by atoms with Gasteiger partial charge >= 0.3 is 0 Å². The molecule has 0 aliphatic heterocycles. The van der Waals surface area contributed by atoms with Gasteiger partial charge in [-0.25, -0.2) is 13.1 Å². The van der Waals surface area contributed by atoms with Crippen molar-refractivity contribution in [2.45, 2.75) is 17.9 Å². The molecule has 0 aliphatic carbocycles. The summed E-state index contributed by atoms with van der Waals surface area (Å²) in [4.78, 5) is 14.3. The molecule has 1 unspecified atom stereocenters. The fourth-order valence-corrected chi connectivity index (χ4v) is 3.16. The molecule has 0 spiro atoms. The second-order valence-electron chi connectivity index (χ2n) is 5.38. The molecule has 0 aromatic heterocycles. The zero-order valence-electron chi connectivity index (χ0n) is 13.7. The van der Waals surface area contributed by atoms with Crippen LogP contribution in [0.2, 0.25) is 5.02 Å². The van der Waals surface area contributed by atoms with E-state index >= 15 is 0 Å². The van der Waals surface area contributed by atoms with Crippen molar-refractivity contribution in [1.29, 1.82) is 0 Å². The van der Waals surface area contributed by atoms with Gasteiger partial charge in [0.15, 0.2) is 0 Å². The summed E-state index contributed by atoms with van der Waals surface area (Å²) in [6.45, 7) is 1.90. The van der Waals surface area contributed by atoms with E-state index in [1.165, 1.54) is 19.2 Å². The lowest BCUT2D eigenvalue weighted by molar-refractivity contribution is 0.0742. The van der Waals surface area contributed by atoms with Crippen molar-refractivity contribution >= 4 is 27.5 Å². The monoisotopic (exact) mass is 366 g/mol. The van der Waals surface area contributed by atoms with Crippen molar-refractivity contribution in [3.05, 3.63) is 64.7 Å². The second-order valence-corrected chi connectivity index (χ2v) is 7.70. The Morgan fingerprint density at radius 2 is 1.79 bits per heavy atom. The second kappa shape index (κ2) is 7.34. The van der Waals surface area contributed by atoms with E-state index in [0.29, 0.717) is 10.6 Å². The number of sulfonamides is 1. The van der Waals surface area contributed by atoms with Crippen LogP contribution in [0.25, 0.3) is 0 Å². The summed E-state index contributed by atoms with van der Waals surface area (Å²) in [6.07, 6.45) is 0. The van der Waals surface area contributed by atoms with Gasteiger partial charge in [-0.2, -0.15) is 0 Å². The molecule has 1 amide bonds. The Morgan fingerprint density at radius 3 is 2.38 bits per heavy atom. The van der Waals surface area contributed by atoms with E-state index in [2.05, 4.69) is 4.72 Å². The molecule has 0 heterocycles. The molecule has 0 bridgehead atoms. The summed E-state index contributed by atoms with van der Waals surface area (Å²) in [5, 5.41) is 0.630. The van der Waals surface area contributed by atoms with Gasteiger partial charge in [0, 0.05) is 17.6 Å². The zero-order chi connectivity index (χ0) is 17.9. The van der Waals surface area contributed by atoms with Crippen LogP contribution in [0.3, 0.4) is 0 Å². The molecule has 2 aromatic rings. The van der Waals surface area contributed by atoms with Crippen molar-refractivity contribution in [3.63, 3.8) is 0 Å². The number of nitrogens with one attached hydrogen (secondary N) is 1. The number of halogens is 1. The number of carbonyl (C=O) groups excluding carboxylic acids is 1. The molecular formula is C17H19ClN2O3S. The number of nitrogens with zero attached hydrogens (tertiary/aromatic N) is 1. The minimum Gasteiger partial charge on any atom is -0.335 e. The normalized spacial score (nSPS) is 12.7. The predicted octanol–water partition coefficient (Wildman–Crippen LogP) is 3.08. The summed E-state index contributed by atoms with van der Waals surface area (Å²) in [5.41, 5.74) is 1.25. The number of hydrogen-bond acceptors (Lipinski definition) is 3. The summed E-state index contributed by atoms with van der Waals surface area (Å²) in [6, 6.07) is 13.1. The Kier molecular flexibility index (Phi) is 5.64. The first-order valence-corrected chi connectivity index (χ1v) is 9.18. The number of benzene rings is 2. The maximum absolute atomic E-state index is 12.7. The molecule has 5 nitrogen and oxygen atoms in total. The molecule has 0 saturated carbocycles. The van der Waals surface area contributed by atoms with Gasteiger partial charge in [0.2, 0.25) is 10.0 Å². The molecular weight excluding hydrogens is 348 g/mol. The Morgan fingerprint density at radius 1 is 1.17 bits per heavy atom. The molecule has 0 radical (unpaired) electrons. The molecule has 2 rings (SSSR count). The quantitative estimate of drug-likeness (QED) is 0.884. The van der Waals surface area contributed by atoms with Crippen molar-refractivity contribution in [3.8, 4) is 0 Å². The van der Waals surface area contributed by atoms with Gasteiger partial charge < -0.3 is 4.90 Å². The third-order valence-electron chi connectivity index (χ3n) is 3.91. The summed E-state index contributed by atoms with van der Waals surface area (Å²) in [7, 11) is -0.579. The highest BCUT2D eigenvalue weighted by Crippen LogP contribution is 2.23. The third-order valence-corrected chi connectivity index (χ3v) is 5.58. The van der Waals surface area contributed by atoms with E-state index in [1.807, 2.05) is 19.1 Å². The molecule has 0 saturated heterocycles. The lowest BCUT2D eigenvalue weighted by Crippen LogP contribution is -2.30. The molecule has 7 heteroatoms. The van der Waals surface area contributed by atoms with Gasteiger partial charge in [-0.05, 0) is 49.9 Å². The van der Waals surface area contributed by atoms with E-state index in [-0.39, 0.29) is 16.8 Å². The maximum Gasteiger partial charge on any atom is 0.254 e. The molecule has 128 valence electrons. The summed E-state index contributed by atoms with van der Waals surface area (Å²) in [5.74, 6) is -0.259. The first-order valence-electron chi connectivity index (χ1n) is 7.32. The molecule has 0 aliphatic rings. The van der Waals surface area contributed by atoms with Gasteiger partial charge in [0.25, 0.3) is 5.91 Å². The smallest absolute Gasteiger partial charge is 0.254 e. The zero-order valence-corrected chi connectivity index (χ0v) is 15.2. The molecule has 1 N–H and O–H groups in total. The van der Waals surface area contributed by atoms with Gasteiger partial charge in [-0.15, -0.1) is 0 Å². The van der Waals surface area contributed by atoms with Gasteiger partial charge in [-0.3, -0.25) is 4.79 Å². The minimum absolute atomic E-state index is 0.0587. The number of amides is 1. The van der Waals surface area contributed by atoms with Crippen LogP contribution in [0.1, 0.15) is 28.9 Å².